The molecule has 0 atom stereocenters. The summed E-state index contributed by atoms with van der Waals surface area (Å²) in [6.07, 6.45) is 7.11. The van der Waals surface area contributed by atoms with Crippen LogP contribution in [0.1, 0.15) is 60.3 Å². The number of rotatable bonds is 9. The molecule has 1 aromatic carbocycles. The Balaban J connectivity index is 1.30. The van der Waals surface area contributed by atoms with Crippen molar-refractivity contribution in [3.05, 3.63) is 47.3 Å². The molecule has 2 fully saturated rings. The number of nitrogens with zero attached hydrogens (tertiary/aromatic N) is 2. The van der Waals surface area contributed by atoms with E-state index < -0.39 is 0 Å². The third-order valence-electron chi connectivity index (χ3n) is 5.95. The van der Waals surface area contributed by atoms with Gasteiger partial charge in [0.25, 0.3) is 5.91 Å². The normalized spacial score (nSPS) is 16.4. The van der Waals surface area contributed by atoms with Gasteiger partial charge in [0.15, 0.2) is 11.5 Å². The van der Waals surface area contributed by atoms with Gasteiger partial charge in [0.2, 0.25) is 5.91 Å². The Kier molecular flexibility index (Phi) is 6.35. The number of benzene rings is 1. The topological polar surface area (TPSA) is 84.7 Å². The molecule has 2 saturated carbocycles. The van der Waals surface area contributed by atoms with Crippen molar-refractivity contribution < 1.29 is 18.8 Å². The molecule has 2 aliphatic carbocycles. The highest BCUT2D eigenvalue weighted by atomic mass is 16.5. The van der Waals surface area contributed by atoms with Gasteiger partial charge in [-0.05, 0) is 49.8 Å². The largest absolute Gasteiger partial charge is 0.497 e. The van der Waals surface area contributed by atoms with E-state index in [0.29, 0.717) is 25.3 Å². The van der Waals surface area contributed by atoms with Crippen LogP contribution in [0.2, 0.25) is 0 Å². The molecule has 2 aromatic rings. The molecule has 0 unspecified atom stereocenters. The van der Waals surface area contributed by atoms with E-state index in [4.69, 9.17) is 9.26 Å². The molecular formula is C23H29N3O4. The lowest BCUT2D eigenvalue weighted by molar-refractivity contribution is -0.135. The number of ether oxygens (including phenoxy) is 1. The molecule has 0 saturated heterocycles. The highest BCUT2D eigenvalue weighted by molar-refractivity contribution is 5.92. The van der Waals surface area contributed by atoms with E-state index in [1.54, 1.807) is 13.2 Å². The van der Waals surface area contributed by atoms with Crippen LogP contribution in [-0.2, 0) is 17.8 Å². The van der Waals surface area contributed by atoms with Gasteiger partial charge in [0.1, 0.15) is 5.75 Å². The van der Waals surface area contributed by atoms with E-state index in [1.165, 1.54) is 0 Å². The van der Waals surface area contributed by atoms with Gasteiger partial charge in [-0.2, -0.15) is 0 Å². The van der Waals surface area contributed by atoms with Crippen molar-refractivity contribution in [2.24, 2.45) is 5.92 Å². The van der Waals surface area contributed by atoms with Crippen LogP contribution >= 0.6 is 0 Å². The van der Waals surface area contributed by atoms with Crippen molar-refractivity contribution in [3.8, 4) is 5.75 Å². The summed E-state index contributed by atoms with van der Waals surface area (Å²) in [7, 11) is 1.64. The van der Waals surface area contributed by atoms with Gasteiger partial charge in [-0.25, -0.2) is 0 Å². The summed E-state index contributed by atoms with van der Waals surface area (Å²) in [6.45, 7) is 0.897. The first-order valence-electron chi connectivity index (χ1n) is 10.8. The monoisotopic (exact) mass is 411 g/mol. The molecule has 2 aliphatic rings. The second kappa shape index (κ2) is 9.32. The van der Waals surface area contributed by atoms with E-state index in [1.807, 2.05) is 29.2 Å². The van der Waals surface area contributed by atoms with Gasteiger partial charge in [0, 0.05) is 24.6 Å². The standard InChI is InChI=1S/C23H29N3O4/c1-29-19-10-6-16(7-11-19)12-13-24-22(27)21-14-20(30-25-21)15-26(18-4-2-3-5-18)23(28)17-8-9-17/h6-7,10-11,14,17-18H,2-5,8-9,12-13,15H2,1H3,(H,24,27). The minimum atomic E-state index is -0.264. The number of aromatic nitrogens is 1. The molecule has 2 amide bonds. The van der Waals surface area contributed by atoms with E-state index in [9.17, 15) is 9.59 Å². The van der Waals surface area contributed by atoms with E-state index in [2.05, 4.69) is 10.5 Å². The average Bonchev–Trinajstić information content (AvgIpc) is 3.27. The third-order valence-corrected chi connectivity index (χ3v) is 5.95. The lowest BCUT2D eigenvalue weighted by Crippen LogP contribution is -2.39. The van der Waals surface area contributed by atoms with Crippen molar-refractivity contribution >= 4 is 11.8 Å². The van der Waals surface area contributed by atoms with Crippen LogP contribution < -0.4 is 10.1 Å². The number of methoxy groups -OCH3 is 1. The Morgan fingerprint density at radius 2 is 1.90 bits per heavy atom. The Morgan fingerprint density at radius 1 is 1.17 bits per heavy atom. The zero-order chi connectivity index (χ0) is 20.9. The van der Waals surface area contributed by atoms with E-state index >= 15 is 0 Å². The maximum atomic E-state index is 12.7. The van der Waals surface area contributed by atoms with Gasteiger partial charge < -0.3 is 19.5 Å². The lowest BCUT2D eigenvalue weighted by atomic mass is 10.1. The van der Waals surface area contributed by atoms with Gasteiger partial charge in [-0.1, -0.05) is 30.1 Å². The fraction of sp³-hybridized carbons (Fsp3) is 0.522. The molecule has 0 radical (unpaired) electrons. The molecular weight excluding hydrogens is 382 g/mol. The predicted molar refractivity (Wildman–Crippen MR) is 111 cm³/mol. The van der Waals surface area contributed by atoms with Crippen LogP contribution in [0.25, 0.3) is 0 Å². The van der Waals surface area contributed by atoms with E-state index in [-0.39, 0.29) is 29.5 Å². The first-order chi connectivity index (χ1) is 14.6. The molecule has 7 heteroatoms. The predicted octanol–water partition coefficient (Wildman–Crippen LogP) is 3.34. The van der Waals surface area contributed by atoms with Crippen molar-refractivity contribution in [2.45, 2.75) is 57.5 Å². The van der Waals surface area contributed by atoms with Crippen molar-refractivity contribution in [3.63, 3.8) is 0 Å². The highest BCUT2D eigenvalue weighted by Gasteiger charge is 2.37. The summed E-state index contributed by atoms with van der Waals surface area (Å²) in [5.74, 6) is 1.51. The molecule has 0 bridgehead atoms. The Bertz CT molecular complexity index is 867. The van der Waals surface area contributed by atoms with Gasteiger partial charge in [-0.3, -0.25) is 9.59 Å². The van der Waals surface area contributed by atoms with Crippen LogP contribution in [0, 0.1) is 5.92 Å². The average molecular weight is 412 g/mol. The molecule has 7 nitrogen and oxygen atoms in total. The first-order valence-corrected chi connectivity index (χ1v) is 10.8. The Hall–Kier alpha value is -2.83. The zero-order valence-corrected chi connectivity index (χ0v) is 17.4. The lowest BCUT2D eigenvalue weighted by Gasteiger charge is -2.28. The molecule has 4 rings (SSSR count). The third kappa shape index (κ3) is 5.01. The van der Waals surface area contributed by atoms with E-state index in [0.717, 1.165) is 49.8 Å². The summed E-state index contributed by atoms with van der Waals surface area (Å²) >= 11 is 0. The fourth-order valence-electron chi connectivity index (χ4n) is 4.03. The van der Waals surface area contributed by atoms with Crippen LogP contribution in [-0.4, -0.2) is 41.6 Å². The first kappa shape index (κ1) is 20.4. The second-order valence-electron chi connectivity index (χ2n) is 8.21. The fourth-order valence-corrected chi connectivity index (χ4v) is 4.03. The maximum absolute atomic E-state index is 12.7. The van der Waals surface area contributed by atoms with Crippen LogP contribution in [0.5, 0.6) is 5.75 Å². The quantitative estimate of drug-likeness (QED) is 0.684. The summed E-state index contributed by atoms with van der Waals surface area (Å²) in [6, 6.07) is 9.71. The molecule has 30 heavy (non-hydrogen) atoms. The smallest absolute Gasteiger partial charge is 0.273 e. The number of carbonyl (C=O) groups excluding carboxylic acids is 2. The summed E-state index contributed by atoms with van der Waals surface area (Å²) < 4.78 is 10.5. The SMILES string of the molecule is COc1ccc(CCNC(=O)c2cc(CN(C(=O)C3CC3)C3CCCC3)on2)cc1. The van der Waals surface area contributed by atoms with Gasteiger partial charge in [0.05, 0.1) is 13.7 Å². The minimum Gasteiger partial charge on any atom is -0.497 e. The van der Waals surface area contributed by atoms with Crippen molar-refractivity contribution in [1.29, 1.82) is 0 Å². The summed E-state index contributed by atoms with van der Waals surface area (Å²) in [5.41, 5.74) is 1.37. The Morgan fingerprint density at radius 3 is 2.57 bits per heavy atom. The molecule has 160 valence electrons. The maximum Gasteiger partial charge on any atom is 0.273 e. The van der Waals surface area contributed by atoms with Crippen molar-refractivity contribution in [2.75, 3.05) is 13.7 Å². The molecule has 0 aliphatic heterocycles. The molecule has 1 aromatic heterocycles. The number of amides is 2. The zero-order valence-electron chi connectivity index (χ0n) is 17.4. The molecule has 1 N–H and O–H groups in total. The number of nitrogens with one attached hydrogen (secondary N) is 1. The summed E-state index contributed by atoms with van der Waals surface area (Å²) in [4.78, 5) is 27.1. The van der Waals surface area contributed by atoms with Gasteiger partial charge in [-0.15, -0.1) is 0 Å². The number of hydrogen-bond donors (Lipinski definition) is 1. The minimum absolute atomic E-state index is 0.175. The number of hydrogen-bond acceptors (Lipinski definition) is 5. The summed E-state index contributed by atoms with van der Waals surface area (Å²) in [5, 5.41) is 6.80. The molecule has 0 spiro atoms. The number of carbonyl (C=O) groups is 2. The highest BCUT2D eigenvalue weighted by Crippen LogP contribution is 2.35. The van der Waals surface area contributed by atoms with Crippen LogP contribution in [0.4, 0.5) is 0 Å². The van der Waals surface area contributed by atoms with Crippen molar-refractivity contribution in [1.82, 2.24) is 15.4 Å². The van der Waals surface area contributed by atoms with Crippen LogP contribution in [0.15, 0.2) is 34.9 Å². The Labute approximate surface area is 176 Å². The second-order valence-corrected chi connectivity index (χ2v) is 8.21. The van der Waals surface area contributed by atoms with Gasteiger partial charge >= 0.3 is 0 Å². The molecule has 1 heterocycles. The van der Waals surface area contributed by atoms with Crippen LogP contribution in [0.3, 0.4) is 0 Å².